The molecule has 0 atom stereocenters. The summed E-state index contributed by atoms with van der Waals surface area (Å²) in [5.41, 5.74) is 3.41. The molecule has 0 aliphatic carbocycles. The molecule has 0 spiro atoms. The molecule has 200 valence electrons. The standard InChI is InChI=1S/C25H25F3N6O4/c26-25(27,28)20-8-9-22(23(15-20)34(36)37)32-10-12-33(13-11-32)24(35)30-31-29-21-14-19(16-38-17-21)7-6-18-4-2-1-3-5-18/h1-5,8-9,14-15,17H,6-7,10-13,16H2,(H,29,30,35). The minimum absolute atomic E-state index is 0.0711. The van der Waals surface area contributed by atoms with Crippen LogP contribution >= 0.6 is 0 Å². The van der Waals surface area contributed by atoms with Gasteiger partial charge in [-0.05, 0) is 42.2 Å². The SMILES string of the molecule is O=C(NN=NC1=COCC(CCc2ccccc2)=C1)N1CCN(c2ccc(C(F)(F)F)cc2[N+](=O)[O-])CC1. The Kier molecular flexibility index (Phi) is 8.24. The predicted octanol–water partition coefficient (Wildman–Crippen LogP) is 5.24. The highest BCUT2D eigenvalue weighted by Gasteiger charge is 2.34. The third-order valence-electron chi connectivity index (χ3n) is 6.12. The normalized spacial score (nSPS) is 16.1. The zero-order valence-electron chi connectivity index (χ0n) is 20.2. The lowest BCUT2D eigenvalue weighted by Crippen LogP contribution is -2.51. The number of anilines is 1. The number of carbonyl (C=O) groups excluding carboxylic acids is 1. The van der Waals surface area contributed by atoms with Crippen LogP contribution in [0.4, 0.5) is 29.3 Å². The lowest BCUT2D eigenvalue weighted by atomic mass is 10.0. The van der Waals surface area contributed by atoms with Gasteiger partial charge in [-0.25, -0.2) is 10.2 Å². The maximum absolute atomic E-state index is 13.0. The number of benzene rings is 2. The van der Waals surface area contributed by atoms with Gasteiger partial charge < -0.3 is 14.5 Å². The second kappa shape index (κ2) is 11.8. The molecule has 0 aromatic heterocycles. The van der Waals surface area contributed by atoms with E-state index in [4.69, 9.17) is 4.74 Å². The molecule has 2 heterocycles. The smallest absolute Gasteiger partial charge is 0.416 e. The van der Waals surface area contributed by atoms with Crippen molar-refractivity contribution in [1.82, 2.24) is 10.3 Å². The fraction of sp³-hybridized carbons (Fsp3) is 0.320. The highest BCUT2D eigenvalue weighted by molar-refractivity contribution is 5.74. The van der Waals surface area contributed by atoms with Crippen molar-refractivity contribution in [2.45, 2.75) is 19.0 Å². The van der Waals surface area contributed by atoms with Crippen LogP contribution in [0.1, 0.15) is 17.5 Å². The Morgan fingerprint density at radius 3 is 2.50 bits per heavy atom. The average Bonchev–Trinajstić information content (AvgIpc) is 2.92. The van der Waals surface area contributed by atoms with Crippen LogP contribution < -0.4 is 10.3 Å². The van der Waals surface area contributed by atoms with Gasteiger partial charge in [0.15, 0.2) is 0 Å². The highest BCUT2D eigenvalue weighted by atomic mass is 19.4. The van der Waals surface area contributed by atoms with E-state index in [0.717, 1.165) is 30.5 Å². The topological polar surface area (TPSA) is 113 Å². The molecule has 1 saturated heterocycles. The van der Waals surface area contributed by atoms with Crippen LogP contribution in [0.3, 0.4) is 0 Å². The van der Waals surface area contributed by atoms with E-state index >= 15 is 0 Å². The number of allylic oxidation sites excluding steroid dienone is 1. The monoisotopic (exact) mass is 530 g/mol. The number of nitro benzene ring substituents is 1. The van der Waals surface area contributed by atoms with Crippen LogP contribution in [0.15, 0.2) is 82.5 Å². The van der Waals surface area contributed by atoms with E-state index in [9.17, 15) is 28.1 Å². The Labute approximate surface area is 216 Å². The Bertz CT molecular complexity index is 1260. The Balaban J connectivity index is 1.28. The highest BCUT2D eigenvalue weighted by Crippen LogP contribution is 2.36. The molecular weight excluding hydrogens is 505 g/mol. The van der Waals surface area contributed by atoms with Crippen LogP contribution in [0, 0.1) is 10.1 Å². The summed E-state index contributed by atoms with van der Waals surface area (Å²) in [6.45, 7) is 1.23. The summed E-state index contributed by atoms with van der Waals surface area (Å²) in [5, 5.41) is 19.1. The largest absolute Gasteiger partial charge is 0.495 e. The van der Waals surface area contributed by atoms with E-state index in [0.29, 0.717) is 18.4 Å². The van der Waals surface area contributed by atoms with Crippen LogP contribution in [0.5, 0.6) is 0 Å². The summed E-state index contributed by atoms with van der Waals surface area (Å²) < 4.78 is 44.3. The number of urea groups is 1. The number of rotatable bonds is 7. The first-order chi connectivity index (χ1) is 18.2. The third kappa shape index (κ3) is 6.87. The number of amides is 2. The van der Waals surface area contributed by atoms with Crippen molar-refractivity contribution in [3.05, 3.63) is 93.4 Å². The molecule has 2 aliphatic rings. The number of alkyl halides is 3. The maximum atomic E-state index is 13.0. The molecule has 2 aromatic rings. The molecule has 10 nitrogen and oxygen atoms in total. The van der Waals surface area contributed by atoms with Gasteiger partial charge in [-0.2, -0.15) is 13.2 Å². The second-order valence-corrected chi connectivity index (χ2v) is 8.69. The molecule has 0 radical (unpaired) electrons. The second-order valence-electron chi connectivity index (χ2n) is 8.69. The number of aryl methyl sites for hydroxylation is 1. The van der Waals surface area contributed by atoms with E-state index < -0.39 is 28.4 Å². The summed E-state index contributed by atoms with van der Waals surface area (Å²) in [6.07, 6.45) is 0.284. The minimum Gasteiger partial charge on any atom is -0.495 e. The van der Waals surface area contributed by atoms with Crippen molar-refractivity contribution < 1.29 is 27.6 Å². The number of nitrogens with one attached hydrogen (secondary N) is 1. The number of piperazine rings is 1. The number of nitro groups is 1. The third-order valence-corrected chi connectivity index (χ3v) is 6.12. The van der Waals surface area contributed by atoms with Crippen molar-refractivity contribution in [1.29, 1.82) is 0 Å². The zero-order valence-corrected chi connectivity index (χ0v) is 20.2. The number of hydrogen-bond donors (Lipinski definition) is 1. The van der Waals surface area contributed by atoms with Crippen LogP contribution in [-0.2, 0) is 17.3 Å². The first-order valence-electron chi connectivity index (χ1n) is 11.8. The number of nitrogens with zero attached hydrogens (tertiary/aromatic N) is 5. The van der Waals surface area contributed by atoms with Gasteiger partial charge in [-0.1, -0.05) is 35.6 Å². The lowest BCUT2D eigenvalue weighted by molar-refractivity contribution is -0.384. The van der Waals surface area contributed by atoms with Gasteiger partial charge >= 0.3 is 12.2 Å². The van der Waals surface area contributed by atoms with E-state index in [1.54, 1.807) is 4.90 Å². The van der Waals surface area contributed by atoms with Crippen LogP contribution in [0.2, 0.25) is 0 Å². The molecule has 1 fully saturated rings. The fourth-order valence-corrected chi connectivity index (χ4v) is 4.13. The van der Waals surface area contributed by atoms with Crippen LogP contribution in [0.25, 0.3) is 0 Å². The van der Waals surface area contributed by atoms with Crippen molar-refractivity contribution in [2.75, 3.05) is 37.7 Å². The predicted molar refractivity (Wildman–Crippen MR) is 132 cm³/mol. The van der Waals surface area contributed by atoms with E-state index in [2.05, 4.69) is 27.9 Å². The lowest BCUT2D eigenvalue weighted by Gasteiger charge is -2.35. The summed E-state index contributed by atoms with van der Waals surface area (Å²) >= 11 is 0. The van der Waals surface area contributed by atoms with Gasteiger partial charge in [-0.3, -0.25) is 10.1 Å². The molecule has 0 unspecified atom stereocenters. The first kappa shape index (κ1) is 26.6. The Morgan fingerprint density at radius 1 is 1.08 bits per heavy atom. The Morgan fingerprint density at radius 2 is 1.82 bits per heavy atom. The van der Waals surface area contributed by atoms with E-state index in [-0.39, 0.29) is 31.9 Å². The first-order valence-corrected chi connectivity index (χ1v) is 11.8. The molecule has 38 heavy (non-hydrogen) atoms. The van der Waals surface area contributed by atoms with E-state index in [1.165, 1.54) is 16.7 Å². The van der Waals surface area contributed by atoms with Crippen LogP contribution in [-0.4, -0.2) is 48.6 Å². The van der Waals surface area contributed by atoms with Crippen molar-refractivity contribution in [3.63, 3.8) is 0 Å². The minimum atomic E-state index is -4.69. The fourth-order valence-electron chi connectivity index (χ4n) is 4.13. The summed E-state index contributed by atoms with van der Waals surface area (Å²) in [4.78, 5) is 26.0. The van der Waals surface area contributed by atoms with Gasteiger partial charge in [0.2, 0.25) is 0 Å². The molecule has 0 saturated carbocycles. The molecule has 4 rings (SSSR count). The van der Waals surface area contributed by atoms with Gasteiger partial charge in [0.05, 0.1) is 10.5 Å². The van der Waals surface area contributed by atoms with Gasteiger partial charge in [0, 0.05) is 32.2 Å². The van der Waals surface area contributed by atoms with E-state index in [1.807, 2.05) is 24.3 Å². The summed E-state index contributed by atoms with van der Waals surface area (Å²) in [6, 6.07) is 12.0. The van der Waals surface area contributed by atoms with Crippen molar-refractivity contribution >= 4 is 17.4 Å². The number of carbonyl (C=O) groups is 1. The molecule has 2 aromatic carbocycles. The molecule has 1 N–H and O–H groups in total. The van der Waals surface area contributed by atoms with Crippen molar-refractivity contribution in [3.8, 4) is 0 Å². The van der Waals surface area contributed by atoms with Crippen molar-refractivity contribution in [2.24, 2.45) is 10.3 Å². The number of hydrogen-bond acceptors (Lipinski definition) is 7. The number of ether oxygens (including phenoxy) is 1. The zero-order chi connectivity index (χ0) is 27.1. The molecule has 2 aliphatic heterocycles. The molecule has 13 heteroatoms. The summed E-state index contributed by atoms with van der Waals surface area (Å²) in [7, 11) is 0. The Hall–Kier alpha value is -4.42. The quantitative estimate of drug-likeness (QED) is 0.299. The molecule has 2 amide bonds. The number of halogens is 3. The molecular formula is C25H25F3N6O4. The summed E-state index contributed by atoms with van der Waals surface area (Å²) in [5.74, 6) is 0. The van der Waals surface area contributed by atoms with Gasteiger partial charge in [0.25, 0.3) is 5.69 Å². The van der Waals surface area contributed by atoms with Gasteiger partial charge in [0.1, 0.15) is 24.3 Å². The average molecular weight is 531 g/mol. The van der Waals surface area contributed by atoms with Gasteiger partial charge in [-0.15, -0.1) is 5.11 Å². The maximum Gasteiger partial charge on any atom is 0.416 e. The molecule has 0 bridgehead atoms.